The summed E-state index contributed by atoms with van der Waals surface area (Å²) in [6.07, 6.45) is 3.63. The van der Waals surface area contributed by atoms with Crippen LogP contribution in [-0.2, 0) is 16.1 Å². The largest absolute Gasteiger partial charge is 0.497 e. The molecule has 0 atom stereocenters. The number of carbonyl (C=O) groups is 1. The van der Waals surface area contributed by atoms with Gasteiger partial charge in [0, 0.05) is 29.8 Å². The third-order valence-corrected chi connectivity index (χ3v) is 6.44. The first-order valence-corrected chi connectivity index (χ1v) is 11.7. The maximum atomic E-state index is 14.3. The first kappa shape index (κ1) is 24.6. The fraction of sp³-hybridized carbons (Fsp3) is 0.370. The molecular weight excluding hydrogens is 451 g/mol. The van der Waals surface area contributed by atoms with Gasteiger partial charge in [0.1, 0.15) is 18.2 Å². The molecule has 0 spiro atoms. The van der Waals surface area contributed by atoms with Crippen LogP contribution in [-0.4, -0.2) is 41.2 Å². The van der Waals surface area contributed by atoms with E-state index in [4.69, 9.17) is 19.7 Å². The zero-order chi connectivity index (χ0) is 24.8. The number of carboxylic acids is 1. The molecule has 1 aliphatic carbocycles. The van der Waals surface area contributed by atoms with Gasteiger partial charge in [0.15, 0.2) is 0 Å². The van der Waals surface area contributed by atoms with Crippen molar-refractivity contribution in [2.75, 3.05) is 20.3 Å². The maximum absolute atomic E-state index is 14.3. The van der Waals surface area contributed by atoms with Gasteiger partial charge in [-0.05, 0) is 55.2 Å². The number of hydrogen-bond donors (Lipinski definition) is 1. The van der Waals surface area contributed by atoms with Crippen LogP contribution in [0.1, 0.15) is 25.7 Å². The maximum Gasteiger partial charge on any atom is 0.329 e. The summed E-state index contributed by atoms with van der Waals surface area (Å²) in [5.74, 6) is -0.433. The molecule has 0 amide bonds. The Morgan fingerprint density at radius 2 is 1.77 bits per heavy atom. The minimum Gasteiger partial charge on any atom is -0.497 e. The van der Waals surface area contributed by atoms with Gasteiger partial charge in [0.2, 0.25) is 0 Å². The Balaban J connectivity index is 1.59. The Morgan fingerprint density at radius 3 is 2.46 bits per heavy atom. The highest BCUT2D eigenvalue weighted by molar-refractivity contribution is 5.80. The number of methoxy groups -OCH3 is 1. The van der Waals surface area contributed by atoms with Gasteiger partial charge in [-0.15, -0.1) is 0 Å². The third-order valence-electron chi connectivity index (χ3n) is 6.44. The highest BCUT2D eigenvalue weighted by Gasteiger charge is 2.23. The van der Waals surface area contributed by atoms with Crippen LogP contribution < -0.4 is 10.3 Å². The molecule has 1 saturated carbocycles. The second kappa shape index (κ2) is 11.3. The lowest BCUT2D eigenvalue weighted by molar-refractivity contribution is -0.142. The number of aromatic nitrogens is 2. The van der Waals surface area contributed by atoms with Gasteiger partial charge in [0.05, 0.1) is 19.4 Å². The first-order valence-electron chi connectivity index (χ1n) is 11.7. The van der Waals surface area contributed by atoms with E-state index in [1.165, 1.54) is 23.9 Å². The first-order chi connectivity index (χ1) is 16.9. The molecule has 8 heteroatoms. The van der Waals surface area contributed by atoms with E-state index in [0.717, 1.165) is 31.2 Å². The minimum absolute atomic E-state index is 0.206. The van der Waals surface area contributed by atoms with Crippen LogP contribution in [0.15, 0.2) is 59.4 Å². The second-order valence-electron chi connectivity index (χ2n) is 8.97. The molecule has 1 heterocycles. The molecule has 0 aliphatic heterocycles. The Bertz CT molecular complexity index is 1220. The van der Waals surface area contributed by atoms with Crippen LogP contribution in [0.4, 0.5) is 4.39 Å². The molecule has 2 aromatic carbocycles. The average Bonchev–Trinajstić information content (AvgIpc) is 2.86. The number of aliphatic carboxylic acids is 1. The van der Waals surface area contributed by atoms with Crippen molar-refractivity contribution in [3.63, 3.8) is 0 Å². The Kier molecular flexibility index (Phi) is 7.92. The van der Waals surface area contributed by atoms with Crippen LogP contribution in [0.3, 0.4) is 0 Å². The van der Waals surface area contributed by atoms with Crippen molar-refractivity contribution < 1.29 is 23.8 Å². The normalized spacial score (nSPS) is 17.8. The molecule has 1 fully saturated rings. The van der Waals surface area contributed by atoms with Crippen LogP contribution >= 0.6 is 0 Å². The van der Waals surface area contributed by atoms with Crippen LogP contribution in [0.2, 0.25) is 0 Å². The molecule has 3 aromatic rings. The lowest BCUT2D eigenvalue weighted by Crippen LogP contribution is -2.29. The molecule has 7 nitrogen and oxygen atoms in total. The van der Waals surface area contributed by atoms with Crippen LogP contribution in [0, 0.1) is 17.7 Å². The molecule has 1 aliphatic rings. The summed E-state index contributed by atoms with van der Waals surface area (Å²) in [7, 11) is 1.48. The number of carboxylic acid groups (broad SMARTS) is 1. The summed E-state index contributed by atoms with van der Waals surface area (Å²) in [6, 6.07) is 15.4. The number of benzene rings is 2. The molecular formula is C27H29FN2O5. The summed E-state index contributed by atoms with van der Waals surface area (Å²) in [4.78, 5) is 23.7. The van der Waals surface area contributed by atoms with Gasteiger partial charge in [-0.2, -0.15) is 5.10 Å². The van der Waals surface area contributed by atoms with Crippen LogP contribution in [0.25, 0.3) is 22.4 Å². The predicted molar refractivity (Wildman–Crippen MR) is 130 cm³/mol. The number of halogens is 1. The van der Waals surface area contributed by atoms with E-state index in [1.807, 2.05) is 30.3 Å². The van der Waals surface area contributed by atoms with E-state index < -0.39 is 11.8 Å². The van der Waals surface area contributed by atoms with Crippen molar-refractivity contribution >= 4 is 5.97 Å². The summed E-state index contributed by atoms with van der Waals surface area (Å²) in [5.41, 5.74) is 2.31. The standard InChI is InChI=1S/C27H29FN2O5/c1-34-23-12-21(11-22(28)13-23)27-24(20-5-3-2-4-6-20)14-25(31)30(29-27)15-18-7-9-19(10-8-18)16-35-17-26(32)33/h2-6,11-14,18-19H,7-10,15-17H2,1H3,(H,32,33). The van der Waals surface area contributed by atoms with E-state index in [0.29, 0.717) is 41.6 Å². The fourth-order valence-corrected chi connectivity index (χ4v) is 4.63. The second-order valence-corrected chi connectivity index (χ2v) is 8.97. The lowest BCUT2D eigenvalue weighted by atomic mass is 9.82. The van der Waals surface area contributed by atoms with Gasteiger partial charge in [-0.1, -0.05) is 30.3 Å². The van der Waals surface area contributed by atoms with E-state index in [9.17, 15) is 14.0 Å². The van der Waals surface area contributed by atoms with Crippen molar-refractivity contribution in [1.29, 1.82) is 0 Å². The average molecular weight is 481 g/mol. The predicted octanol–water partition coefficient (Wildman–Crippen LogP) is 4.63. The fourth-order valence-electron chi connectivity index (χ4n) is 4.63. The van der Waals surface area contributed by atoms with E-state index in [2.05, 4.69) is 0 Å². The number of ether oxygens (including phenoxy) is 2. The summed E-state index contributed by atoms with van der Waals surface area (Å²) in [6.45, 7) is 0.630. The molecule has 35 heavy (non-hydrogen) atoms. The molecule has 1 aromatic heterocycles. The highest BCUT2D eigenvalue weighted by Crippen LogP contribution is 2.33. The highest BCUT2D eigenvalue weighted by atomic mass is 19.1. The molecule has 0 saturated heterocycles. The number of nitrogens with zero attached hydrogens (tertiary/aromatic N) is 2. The van der Waals surface area contributed by atoms with E-state index in [1.54, 1.807) is 12.1 Å². The molecule has 0 unspecified atom stereocenters. The van der Waals surface area contributed by atoms with Crippen LogP contribution in [0.5, 0.6) is 5.75 Å². The Labute approximate surface area is 203 Å². The molecule has 0 radical (unpaired) electrons. The summed E-state index contributed by atoms with van der Waals surface area (Å²) in [5, 5.41) is 13.4. The van der Waals surface area contributed by atoms with Gasteiger partial charge < -0.3 is 14.6 Å². The summed E-state index contributed by atoms with van der Waals surface area (Å²) < 4.78 is 26.3. The molecule has 4 rings (SSSR count). The molecule has 184 valence electrons. The zero-order valence-electron chi connectivity index (χ0n) is 19.7. The molecule has 1 N–H and O–H groups in total. The smallest absolute Gasteiger partial charge is 0.329 e. The van der Waals surface area contributed by atoms with Crippen molar-refractivity contribution in [3.05, 3.63) is 70.8 Å². The van der Waals surface area contributed by atoms with E-state index >= 15 is 0 Å². The summed E-state index contributed by atoms with van der Waals surface area (Å²) >= 11 is 0. The number of hydrogen-bond acceptors (Lipinski definition) is 5. The SMILES string of the molecule is COc1cc(F)cc(-c2nn(CC3CCC(COCC(=O)O)CC3)c(=O)cc2-c2ccccc2)c1. The quantitative estimate of drug-likeness (QED) is 0.480. The van der Waals surface area contributed by atoms with Crippen molar-refractivity contribution in [2.45, 2.75) is 32.2 Å². The lowest BCUT2D eigenvalue weighted by Gasteiger charge is -2.28. The Morgan fingerprint density at radius 1 is 1.06 bits per heavy atom. The van der Waals surface area contributed by atoms with E-state index in [-0.39, 0.29) is 18.1 Å². The minimum atomic E-state index is -0.963. The Hall–Kier alpha value is -3.52. The van der Waals surface area contributed by atoms with Gasteiger partial charge in [-0.25, -0.2) is 13.9 Å². The third kappa shape index (κ3) is 6.33. The number of rotatable bonds is 9. The van der Waals surface area contributed by atoms with Gasteiger partial charge in [-0.3, -0.25) is 4.79 Å². The van der Waals surface area contributed by atoms with Gasteiger partial charge >= 0.3 is 5.97 Å². The monoisotopic (exact) mass is 480 g/mol. The van der Waals surface area contributed by atoms with Crippen molar-refractivity contribution in [3.8, 4) is 28.1 Å². The zero-order valence-corrected chi connectivity index (χ0v) is 19.7. The topological polar surface area (TPSA) is 90.7 Å². The van der Waals surface area contributed by atoms with Crippen molar-refractivity contribution in [2.24, 2.45) is 11.8 Å². The van der Waals surface area contributed by atoms with Gasteiger partial charge in [0.25, 0.3) is 5.56 Å². The van der Waals surface area contributed by atoms with Crippen molar-refractivity contribution in [1.82, 2.24) is 9.78 Å². The molecule has 0 bridgehead atoms.